The number of rotatable bonds is 6. The van der Waals surface area contributed by atoms with Crippen LogP contribution in [0.3, 0.4) is 0 Å². The van der Waals surface area contributed by atoms with Crippen LogP contribution < -0.4 is 5.32 Å². The van der Waals surface area contributed by atoms with Crippen molar-refractivity contribution in [2.24, 2.45) is 5.41 Å². The van der Waals surface area contributed by atoms with Crippen LogP contribution in [0.4, 0.5) is 10.2 Å². The molecule has 0 radical (unpaired) electrons. The third-order valence-electron chi connectivity index (χ3n) is 4.19. The maximum Gasteiger partial charge on any atom is 0.144 e. The number of aromatic nitrogens is 2. The second-order valence-corrected chi connectivity index (χ2v) is 7.00. The first-order valence-electron chi connectivity index (χ1n) is 8.51. The molecule has 0 atom stereocenters. The number of anilines is 1. The van der Waals surface area contributed by atoms with Gasteiger partial charge in [0.2, 0.25) is 0 Å². The van der Waals surface area contributed by atoms with Crippen LogP contribution in [-0.4, -0.2) is 28.2 Å². The Hall–Kier alpha value is -2.79. The molecule has 26 heavy (non-hydrogen) atoms. The molecular formula is C21H22FN3O. The Morgan fingerprint density at radius 2 is 1.69 bits per heavy atom. The number of halogens is 1. The summed E-state index contributed by atoms with van der Waals surface area (Å²) in [5, 5.41) is 12.4. The fourth-order valence-electron chi connectivity index (χ4n) is 2.51. The molecule has 5 heteroatoms. The standard InChI is InChI=1S/C21H22FN3O/c1-21(2,14-26)13-25-19-12-23-18(11-24-19)17-10-6-9-16(20(17)22)15-7-4-3-5-8-15/h3-12,26H,13-14H2,1-2H3,(H,24,25). The van der Waals surface area contributed by atoms with E-state index in [4.69, 9.17) is 0 Å². The van der Waals surface area contributed by atoms with E-state index in [0.717, 1.165) is 5.56 Å². The normalized spacial score (nSPS) is 11.4. The zero-order valence-corrected chi connectivity index (χ0v) is 14.9. The van der Waals surface area contributed by atoms with Crippen LogP contribution in [0.25, 0.3) is 22.4 Å². The average Bonchev–Trinajstić information content (AvgIpc) is 2.68. The van der Waals surface area contributed by atoms with Crippen molar-refractivity contribution >= 4 is 5.82 Å². The van der Waals surface area contributed by atoms with Crippen molar-refractivity contribution in [1.29, 1.82) is 0 Å². The van der Waals surface area contributed by atoms with E-state index in [0.29, 0.717) is 29.2 Å². The molecule has 2 N–H and O–H groups in total. The van der Waals surface area contributed by atoms with E-state index in [1.165, 1.54) is 0 Å². The van der Waals surface area contributed by atoms with E-state index in [9.17, 15) is 9.50 Å². The Bertz CT molecular complexity index is 864. The number of hydrogen-bond donors (Lipinski definition) is 2. The number of aliphatic hydroxyl groups excluding tert-OH is 1. The molecule has 2 aromatic carbocycles. The minimum absolute atomic E-state index is 0.0724. The predicted octanol–water partition coefficient (Wildman–Crippen LogP) is 4.38. The molecular weight excluding hydrogens is 329 g/mol. The van der Waals surface area contributed by atoms with Crippen molar-refractivity contribution in [2.45, 2.75) is 13.8 Å². The highest BCUT2D eigenvalue weighted by molar-refractivity contribution is 5.72. The van der Waals surface area contributed by atoms with E-state index in [2.05, 4.69) is 15.3 Å². The van der Waals surface area contributed by atoms with E-state index in [1.807, 2.05) is 50.2 Å². The third kappa shape index (κ3) is 4.06. The van der Waals surface area contributed by atoms with Crippen LogP contribution in [0, 0.1) is 11.2 Å². The highest BCUT2D eigenvalue weighted by Gasteiger charge is 2.17. The third-order valence-corrected chi connectivity index (χ3v) is 4.19. The summed E-state index contributed by atoms with van der Waals surface area (Å²) in [5.74, 6) is 0.282. The molecule has 0 unspecified atom stereocenters. The summed E-state index contributed by atoms with van der Waals surface area (Å²) < 4.78 is 15.0. The van der Waals surface area contributed by atoms with E-state index < -0.39 is 0 Å². The second kappa shape index (κ2) is 7.62. The zero-order valence-electron chi connectivity index (χ0n) is 14.9. The van der Waals surface area contributed by atoms with Gasteiger partial charge in [-0.15, -0.1) is 0 Å². The van der Waals surface area contributed by atoms with Crippen LogP contribution in [0.2, 0.25) is 0 Å². The van der Waals surface area contributed by atoms with Gasteiger partial charge >= 0.3 is 0 Å². The molecule has 0 aliphatic heterocycles. The number of benzene rings is 2. The quantitative estimate of drug-likeness (QED) is 0.692. The van der Waals surface area contributed by atoms with Gasteiger partial charge in [-0.25, -0.2) is 9.37 Å². The maximum absolute atomic E-state index is 15.0. The number of nitrogens with zero attached hydrogens (tertiary/aromatic N) is 2. The van der Waals surface area contributed by atoms with Gasteiger partial charge in [0.1, 0.15) is 11.6 Å². The molecule has 0 aliphatic rings. The molecule has 0 fully saturated rings. The van der Waals surface area contributed by atoms with Gasteiger partial charge in [-0.1, -0.05) is 56.3 Å². The van der Waals surface area contributed by atoms with Crippen molar-refractivity contribution in [1.82, 2.24) is 9.97 Å². The minimum Gasteiger partial charge on any atom is -0.396 e. The molecule has 0 saturated heterocycles. The minimum atomic E-state index is -0.310. The molecule has 134 valence electrons. The van der Waals surface area contributed by atoms with E-state index >= 15 is 0 Å². The van der Waals surface area contributed by atoms with Gasteiger partial charge < -0.3 is 10.4 Å². The summed E-state index contributed by atoms with van der Waals surface area (Å²) in [6.45, 7) is 4.54. The lowest BCUT2D eigenvalue weighted by molar-refractivity contribution is 0.170. The topological polar surface area (TPSA) is 58.0 Å². The van der Waals surface area contributed by atoms with Gasteiger partial charge in [-0.05, 0) is 11.6 Å². The summed E-state index contributed by atoms with van der Waals surface area (Å²) in [6, 6.07) is 14.7. The average molecular weight is 351 g/mol. The van der Waals surface area contributed by atoms with Crippen molar-refractivity contribution in [3.05, 3.63) is 66.7 Å². The molecule has 0 spiro atoms. The van der Waals surface area contributed by atoms with Gasteiger partial charge in [-0.2, -0.15) is 0 Å². The highest BCUT2D eigenvalue weighted by Crippen LogP contribution is 2.29. The Morgan fingerprint density at radius 3 is 2.35 bits per heavy atom. The highest BCUT2D eigenvalue weighted by atomic mass is 19.1. The summed E-state index contributed by atoms with van der Waals surface area (Å²) in [5.41, 5.74) is 2.01. The largest absolute Gasteiger partial charge is 0.396 e. The van der Waals surface area contributed by atoms with Crippen molar-refractivity contribution < 1.29 is 9.50 Å². The lowest BCUT2D eigenvalue weighted by Gasteiger charge is -2.22. The molecule has 3 rings (SSSR count). The van der Waals surface area contributed by atoms with Gasteiger partial charge in [0, 0.05) is 29.7 Å². The first kappa shape index (κ1) is 18.0. The first-order valence-corrected chi connectivity index (χ1v) is 8.51. The zero-order chi connectivity index (χ0) is 18.6. The number of hydrogen-bond acceptors (Lipinski definition) is 4. The summed E-state index contributed by atoms with van der Waals surface area (Å²) in [4.78, 5) is 8.66. The number of nitrogens with one attached hydrogen (secondary N) is 1. The summed E-state index contributed by atoms with van der Waals surface area (Å²) in [6.07, 6.45) is 3.14. The molecule has 0 amide bonds. The molecule has 0 bridgehead atoms. The fraction of sp³-hybridized carbons (Fsp3) is 0.238. The lowest BCUT2D eigenvalue weighted by Crippen LogP contribution is -2.27. The molecule has 1 aromatic heterocycles. The molecule has 0 aliphatic carbocycles. The predicted molar refractivity (Wildman–Crippen MR) is 102 cm³/mol. The fourth-order valence-corrected chi connectivity index (χ4v) is 2.51. The van der Waals surface area contributed by atoms with Gasteiger partial charge in [0.15, 0.2) is 0 Å². The van der Waals surface area contributed by atoms with Crippen LogP contribution in [-0.2, 0) is 0 Å². The molecule has 1 heterocycles. The Balaban J connectivity index is 1.84. The molecule has 3 aromatic rings. The van der Waals surface area contributed by atoms with Gasteiger partial charge in [0.25, 0.3) is 0 Å². The van der Waals surface area contributed by atoms with Crippen molar-refractivity contribution in [3.63, 3.8) is 0 Å². The molecule has 0 saturated carbocycles. The van der Waals surface area contributed by atoms with Crippen LogP contribution in [0.5, 0.6) is 0 Å². The number of aliphatic hydroxyl groups is 1. The second-order valence-electron chi connectivity index (χ2n) is 7.00. The van der Waals surface area contributed by atoms with Crippen molar-refractivity contribution in [3.8, 4) is 22.4 Å². The Morgan fingerprint density at radius 1 is 0.962 bits per heavy atom. The van der Waals surface area contributed by atoms with Gasteiger partial charge in [0.05, 0.1) is 18.1 Å². The Kier molecular flexibility index (Phi) is 5.28. The summed E-state index contributed by atoms with van der Waals surface area (Å²) >= 11 is 0. The van der Waals surface area contributed by atoms with Crippen LogP contribution in [0.15, 0.2) is 60.9 Å². The Labute approximate surface area is 152 Å². The molecule has 4 nitrogen and oxygen atoms in total. The monoisotopic (exact) mass is 351 g/mol. The van der Waals surface area contributed by atoms with E-state index in [-0.39, 0.29) is 17.8 Å². The smallest absolute Gasteiger partial charge is 0.144 e. The first-order chi connectivity index (χ1) is 12.5. The lowest BCUT2D eigenvalue weighted by atomic mass is 9.95. The van der Waals surface area contributed by atoms with Crippen LogP contribution >= 0.6 is 0 Å². The van der Waals surface area contributed by atoms with Gasteiger partial charge in [-0.3, -0.25) is 4.98 Å². The van der Waals surface area contributed by atoms with Crippen molar-refractivity contribution in [2.75, 3.05) is 18.5 Å². The van der Waals surface area contributed by atoms with Crippen LogP contribution in [0.1, 0.15) is 13.8 Å². The maximum atomic E-state index is 15.0. The van der Waals surface area contributed by atoms with E-state index in [1.54, 1.807) is 24.5 Å². The summed E-state index contributed by atoms with van der Waals surface area (Å²) in [7, 11) is 0. The SMILES string of the molecule is CC(C)(CO)CNc1cnc(-c2cccc(-c3ccccc3)c2F)cn1.